The van der Waals surface area contributed by atoms with Crippen LogP contribution in [0.15, 0.2) is 36.7 Å². The maximum atomic E-state index is 6.48. The number of benzene rings is 1. The van der Waals surface area contributed by atoms with Crippen LogP contribution in [0, 0.1) is 24.7 Å². The van der Waals surface area contributed by atoms with Crippen LogP contribution >= 0.6 is 0 Å². The molecular formula is C24H33N3O2. The van der Waals surface area contributed by atoms with Gasteiger partial charge in [-0.1, -0.05) is 12.1 Å². The van der Waals surface area contributed by atoms with E-state index in [1.165, 1.54) is 43.5 Å². The fourth-order valence-corrected chi connectivity index (χ4v) is 5.26. The van der Waals surface area contributed by atoms with Gasteiger partial charge in [-0.3, -0.25) is 9.58 Å². The second-order valence-corrected chi connectivity index (χ2v) is 9.42. The molecular weight excluding hydrogens is 362 g/mol. The molecule has 0 spiro atoms. The topological polar surface area (TPSA) is 39.5 Å². The Morgan fingerprint density at radius 3 is 2.69 bits per heavy atom. The third kappa shape index (κ3) is 4.36. The Kier molecular flexibility index (Phi) is 5.35. The van der Waals surface area contributed by atoms with Gasteiger partial charge in [-0.05, 0) is 73.6 Å². The number of aryl methyl sites for hydroxylation is 1. The van der Waals surface area contributed by atoms with Crippen LogP contribution in [0.4, 0.5) is 0 Å². The highest BCUT2D eigenvalue weighted by Crippen LogP contribution is 2.43. The Balaban J connectivity index is 1.27. The van der Waals surface area contributed by atoms with Crippen molar-refractivity contribution in [2.24, 2.45) is 17.8 Å². The number of aromatic nitrogens is 2. The van der Waals surface area contributed by atoms with Crippen molar-refractivity contribution in [3.05, 3.63) is 47.8 Å². The van der Waals surface area contributed by atoms with Crippen LogP contribution in [0.3, 0.4) is 0 Å². The highest BCUT2D eigenvalue weighted by Gasteiger charge is 2.44. The van der Waals surface area contributed by atoms with E-state index < -0.39 is 0 Å². The van der Waals surface area contributed by atoms with Crippen molar-refractivity contribution in [1.29, 1.82) is 0 Å². The monoisotopic (exact) mass is 395 g/mol. The molecule has 2 heterocycles. The lowest BCUT2D eigenvalue weighted by molar-refractivity contribution is -0.0371. The van der Waals surface area contributed by atoms with E-state index in [9.17, 15) is 0 Å². The van der Waals surface area contributed by atoms with Crippen molar-refractivity contribution in [2.45, 2.75) is 51.3 Å². The van der Waals surface area contributed by atoms with Crippen LogP contribution in [-0.2, 0) is 11.3 Å². The third-order valence-corrected chi connectivity index (χ3v) is 7.01. The van der Waals surface area contributed by atoms with Gasteiger partial charge in [0.2, 0.25) is 0 Å². The van der Waals surface area contributed by atoms with Crippen LogP contribution in [0.5, 0.6) is 5.75 Å². The van der Waals surface area contributed by atoms with Crippen LogP contribution < -0.4 is 4.74 Å². The Morgan fingerprint density at radius 1 is 1.14 bits per heavy atom. The molecule has 29 heavy (non-hydrogen) atoms. The van der Waals surface area contributed by atoms with Gasteiger partial charge in [-0.25, -0.2) is 0 Å². The minimum Gasteiger partial charge on any atom is -0.497 e. The van der Waals surface area contributed by atoms with E-state index in [2.05, 4.69) is 46.0 Å². The number of methoxy groups -OCH3 is 1. The molecule has 1 aromatic carbocycles. The zero-order chi connectivity index (χ0) is 19.8. The first kappa shape index (κ1) is 19.1. The van der Waals surface area contributed by atoms with Crippen molar-refractivity contribution in [1.82, 2.24) is 14.7 Å². The van der Waals surface area contributed by atoms with E-state index in [4.69, 9.17) is 9.47 Å². The van der Waals surface area contributed by atoms with E-state index in [-0.39, 0.29) is 0 Å². The van der Waals surface area contributed by atoms with Crippen molar-refractivity contribution < 1.29 is 9.47 Å². The summed E-state index contributed by atoms with van der Waals surface area (Å²) in [6.45, 7) is 6.42. The fourth-order valence-electron chi connectivity index (χ4n) is 5.26. The Bertz CT molecular complexity index is 831. The normalized spacial score (nSPS) is 29.7. The largest absolute Gasteiger partial charge is 0.497 e. The SMILES string of the molecule is COc1cccc(CN2C[C@H]3C[C@H](OCC4CC4)[C@@H](n4cc(C)cn4)C[C@H]3C2)c1. The van der Waals surface area contributed by atoms with Crippen LogP contribution in [-0.4, -0.2) is 47.6 Å². The lowest BCUT2D eigenvalue weighted by Gasteiger charge is -2.38. The van der Waals surface area contributed by atoms with E-state index in [1.54, 1.807) is 7.11 Å². The van der Waals surface area contributed by atoms with Crippen LogP contribution in [0.25, 0.3) is 0 Å². The van der Waals surface area contributed by atoms with Crippen LogP contribution in [0.1, 0.15) is 42.9 Å². The molecule has 0 N–H and O–H groups in total. The molecule has 4 atom stereocenters. The molecule has 0 unspecified atom stereocenters. The third-order valence-electron chi connectivity index (χ3n) is 7.01. The highest BCUT2D eigenvalue weighted by molar-refractivity contribution is 5.28. The van der Waals surface area contributed by atoms with Gasteiger partial charge in [0.15, 0.2) is 0 Å². The van der Waals surface area contributed by atoms with Gasteiger partial charge < -0.3 is 9.47 Å². The van der Waals surface area contributed by atoms with Gasteiger partial charge in [-0.2, -0.15) is 5.10 Å². The lowest BCUT2D eigenvalue weighted by atomic mass is 9.77. The zero-order valence-corrected chi connectivity index (χ0v) is 17.7. The van der Waals surface area contributed by atoms with Gasteiger partial charge in [0.25, 0.3) is 0 Å². The summed E-state index contributed by atoms with van der Waals surface area (Å²) < 4.78 is 14.1. The number of rotatable bonds is 7. The fraction of sp³-hybridized carbons (Fsp3) is 0.625. The Labute approximate surface area is 174 Å². The second-order valence-electron chi connectivity index (χ2n) is 9.42. The number of likely N-dealkylation sites (tertiary alicyclic amines) is 1. The molecule has 5 nitrogen and oxygen atoms in total. The maximum absolute atomic E-state index is 6.48. The van der Waals surface area contributed by atoms with Gasteiger partial charge in [0, 0.05) is 32.4 Å². The van der Waals surface area contributed by atoms with Crippen molar-refractivity contribution in [3.8, 4) is 5.75 Å². The molecule has 2 aliphatic carbocycles. The number of nitrogens with zero attached hydrogens (tertiary/aromatic N) is 3. The second kappa shape index (κ2) is 8.11. The number of hydrogen-bond acceptors (Lipinski definition) is 4. The molecule has 2 aromatic rings. The maximum Gasteiger partial charge on any atom is 0.119 e. The Morgan fingerprint density at radius 2 is 1.97 bits per heavy atom. The molecule has 3 fully saturated rings. The summed E-state index contributed by atoms with van der Waals surface area (Å²) >= 11 is 0. The average Bonchev–Trinajstić information content (AvgIpc) is 3.33. The summed E-state index contributed by atoms with van der Waals surface area (Å²) in [4.78, 5) is 2.62. The van der Waals surface area contributed by atoms with Crippen molar-refractivity contribution >= 4 is 0 Å². The van der Waals surface area contributed by atoms with E-state index in [0.717, 1.165) is 43.1 Å². The van der Waals surface area contributed by atoms with Gasteiger partial charge >= 0.3 is 0 Å². The molecule has 1 aromatic heterocycles. The summed E-state index contributed by atoms with van der Waals surface area (Å²) in [7, 11) is 1.74. The summed E-state index contributed by atoms with van der Waals surface area (Å²) in [6.07, 6.45) is 9.51. The molecule has 5 rings (SSSR count). The first-order chi connectivity index (χ1) is 14.2. The molecule has 3 aliphatic rings. The first-order valence-corrected chi connectivity index (χ1v) is 11.2. The smallest absolute Gasteiger partial charge is 0.119 e. The summed E-state index contributed by atoms with van der Waals surface area (Å²) in [5.41, 5.74) is 2.57. The van der Waals surface area contributed by atoms with Gasteiger partial charge in [0.1, 0.15) is 5.75 Å². The van der Waals surface area contributed by atoms with E-state index >= 15 is 0 Å². The Hall–Kier alpha value is -1.85. The predicted molar refractivity (Wildman–Crippen MR) is 113 cm³/mol. The standard InChI is InChI=1S/C24H33N3O2/c1-17-11-25-27(12-17)23-9-20-14-26(13-19-4-3-5-22(8-19)28-2)15-21(20)10-24(23)29-16-18-6-7-18/h3-5,8,11-12,18,20-21,23-24H,6-7,9-10,13-16H2,1-2H3/t20-,21+,23-,24-/m0/s1. The van der Waals surface area contributed by atoms with Crippen molar-refractivity contribution in [2.75, 3.05) is 26.8 Å². The van der Waals surface area contributed by atoms with E-state index in [0.29, 0.717) is 12.1 Å². The van der Waals surface area contributed by atoms with Gasteiger partial charge in [0.05, 0.1) is 25.5 Å². The molecule has 5 heteroatoms. The summed E-state index contributed by atoms with van der Waals surface area (Å²) in [5, 5.41) is 4.66. The molecule has 156 valence electrons. The quantitative estimate of drug-likeness (QED) is 0.708. The van der Waals surface area contributed by atoms with E-state index in [1.807, 2.05) is 12.3 Å². The molecule has 2 saturated carbocycles. The molecule has 1 aliphatic heterocycles. The van der Waals surface area contributed by atoms with Gasteiger partial charge in [-0.15, -0.1) is 0 Å². The average molecular weight is 396 g/mol. The first-order valence-electron chi connectivity index (χ1n) is 11.2. The minimum absolute atomic E-state index is 0.299. The zero-order valence-electron chi connectivity index (χ0n) is 17.7. The number of fused-ring (bicyclic) bond motifs is 1. The number of hydrogen-bond donors (Lipinski definition) is 0. The molecule has 0 bridgehead atoms. The summed E-state index contributed by atoms with van der Waals surface area (Å²) in [5.74, 6) is 3.22. The molecule has 1 saturated heterocycles. The minimum atomic E-state index is 0.299. The predicted octanol–water partition coefficient (Wildman–Crippen LogP) is 4.08. The number of ether oxygens (including phenoxy) is 2. The molecule has 0 radical (unpaired) electrons. The van der Waals surface area contributed by atoms with Crippen molar-refractivity contribution in [3.63, 3.8) is 0 Å². The lowest BCUT2D eigenvalue weighted by Crippen LogP contribution is -2.38. The van der Waals surface area contributed by atoms with Crippen LogP contribution in [0.2, 0.25) is 0 Å². The summed E-state index contributed by atoms with van der Waals surface area (Å²) in [6, 6.07) is 8.86. The molecule has 0 amide bonds. The highest BCUT2D eigenvalue weighted by atomic mass is 16.5.